The van der Waals surface area contributed by atoms with E-state index in [9.17, 15) is 0 Å². The SMILES string of the molecule is COc1cccc(N2CC[C@H](OC)C2)n1. The van der Waals surface area contributed by atoms with Gasteiger partial charge in [-0.1, -0.05) is 6.07 Å². The molecule has 0 N–H and O–H groups in total. The summed E-state index contributed by atoms with van der Waals surface area (Å²) in [5.41, 5.74) is 0. The van der Waals surface area contributed by atoms with Crippen molar-refractivity contribution in [3.05, 3.63) is 18.2 Å². The van der Waals surface area contributed by atoms with Crippen LogP contribution in [0.25, 0.3) is 0 Å². The van der Waals surface area contributed by atoms with Crippen LogP contribution in [0.4, 0.5) is 5.82 Å². The molecule has 2 heterocycles. The molecule has 82 valence electrons. The lowest BCUT2D eigenvalue weighted by molar-refractivity contribution is 0.121. The van der Waals surface area contributed by atoms with Gasteiger partial charge in [-0.2, -0.15) is 4.98 Å². The van der Waals surface area contributed by atoms with Crippen molar-refractivity contribution in [3.63, 3.8) is 0 Å². The third-order valence-corrected chi connectivity index (χ3v) is 2.72. The molecule has 0 bridgehead atoms. The first-order valence-electron chi connectivity index (χ1n) is 5.12. The second-order valence-corrected chi connectivity index (χ2v) is 3.63. The molecule has 1 aliphatic rings. The van der Waals surface area contributed by atoms with Gasteiger partial charge in [0.05, 0.1) is 13.2 Å². The van der Waals surface area contributed by atoms with Gasteiger partial charge in [-0.05, 0) is 12.5 Å². The molecule has 15 heavy (non-hydrogen) atoms. The molecule has 0 amide bonds. The second-order valence-electron chi connectivity index (χ2n) is 3.63. The molecule has 1 aromatic rings. The van der Waals surface area contributed by atoms with Crippen LogP contribution >= 0.6 is 0 Å². The fraction of sp³-hybridized carbons (Fsp3) is 0.545. The van der Waals surface area contributed by atoms with Crippen LogP contribution in [-0.4, -0.2) is 38.4 Å². The average Bonchev–Trinajstić information content (AvgIpc) is 2.78. The van der Waals surface area contributed by atoms with Crippen molar-refractivity contribution in [3.8, 4) is 5.88 Å². The standard InChI is InChI=1S/C11H16N2O2/c1-14-9-6-7-13(8-9)10-4-3-5-11(12-10)15-2/h3-5,9H,6-8H2,1-2H3/t9-/m0/s1. The molecule has 0 unspecified atom stereocenters. The summed E-state index contributed by atoms with van der Waals surface area (Å²) in [6, 6.07) is 5.81. The van der Waals surface area contributed by atoms with Gasteiger partial charge in [0.1, 0.15) is 5.82 Å². The normalized spacial score (nSPS) is 20.7. The van der Waals surface area contributed by atoms with Crippen molar-refractivity contribution in [2.24, 2.45) is 0 Å². The highest BCUT2D eigenvalue weighted by Crippen LogP contribution is 2.21. The van der Waals surface area contributed by atoms with E-state index in [1.807, 2.05) is 18.2 Å². The summed E-state index contributed by atoms with van der Waals surface area (Å²) in [6.07, 6.45) is 1.40. The van der Waals surface area contributed by atoms with Gasteiger partial charge in [-0.25, -0.2) is 0 Å². The molecule has 1 aliphatic heterocycles. The van der Waals surface area contributed by atoms with Gasteiger partial charge in [0.2, 0.25) is 5.88 Å². The lowest BCUT2D eigenvalue weighted by Gasteiger charge is -2.17. The van der Waals surface area contributed by atoms with Crippen LogP contribution in [0, 0.1) is 0 Å². The summed E-state index contributed by atoms with van der Waals surface area (Å²) in [5.74, 6) is 1.63. The highest BCUT2D eigenvalue weighted by atomic mass is 16.5. The van der Waals surface area contributed by atoms with Gasteiger partial charge in [0.25, 0.3) is 0 Å². The fourth-order valence-corrected chi connectivity index (χ4v) is 1.82. The van der Waals surface area contributed by atoms with E-state index in [0.717, 1.165) is 25.3 Å². The summed E-state index contributed by atoms with van der Waals surface area (Å²) >= 11 is 0. The summed E-state index contributed by atoms with van der Waals surface area (Å²) in [6.45, 7) is 1.91. The topological polar surface area (TPSA) is 34.6 Å². The van der Waals surface area contributed by atoms with E-state index in [1.54, 1.807) is 14.2 Å². The molecule has 0 aromatic carbocycles. The van der Waals surface area contributed by atoms with Gasteiger partial charge >= 0.3 is 0 Å². The minimum absolute atomic E-state index is 0.331. The number of rotatable bonds is 3. The zero-order valence-electron chi connectivity index (χ0n) is 9.14. The fourth-order valence-electron chi connectivity index (χ4n) is 1.82. The van der Waals surface area contributed by atoms with Gasteiger partial charge < -0.3 is 14.4 Å². The Hall–Kier alpha value is -1.29. The van der Waals surface area contributed by atoms with Gasteiger partial charge in [0, 0.05) is 26.3 Å². The van der Waals surface area contributed by atoms with Crippen molar-refractivity contribution in [2.45, 2.75) is 12.5 Å². The van der Waals surface area contributed by atoms with Crippen molar-refractivity contribution in [1.29, 1.82) is 0 Å². The lowest BCUT2D eigenvalue weighted by atomic mass is 10.3. The first-order chi connectivity index (χ1) is 7.33. The zero-order valence-corrected chi connectivity index (χ0v) is 9.14. The monoisotopic (exact) mass is 208 g/mol. The maximum atomic E-state index is 5.32. The predicted molar refractivity (Wildman–Crippen MR) is 58.4 cm³/mol. The number of hydrogen-bond acceptors (Lipinski definition) is 4. The number of ether oxygens (including phenoxy) is 2. The Morgan fingerprint density at radius 1 is 1.40 bits per heavy atom. The number of anilines is 1. The molecule has 1 fully saturated rings. The molecule has 1 atom stereocenters. The van der Waals surface area contributed by atoms with E-state index in [0.29, 0.717) is 12.0 Å². The van der Waals surface area contributed by atoms with Crippen molar-refractivity contribution in [1.82, 2.24) is 4.98 Å². The minimum Gasteiger partial charge on any atom is -0.481 e. The van der Waals surface area contributed by atoms with E-state index >= 15 is 0 Å². The third-order valence-electron chi connectivity index (χ3n) is 2.72. The van der Waals surface area contributed by atoms with Crippen LogP contribution < -0.4 is 9.64 Å². The molecule has 1 aromatic heterocycles. The summed E-state index contributed by atoms with van der Waals surface area (Å²) in [7, 11) is 3.39. The molecule has 4 heteroatoms. The van der Waals surface area contributed by atoms with Crippen molar-refractivity contribution in [2.75, 3.05) is 32.2 Å². The number of methoxy groups -OCH3 is 2. The smallest absolute Gasteiger partial charge is 0.214 e. The Bertz CT molecular complexity index is 330. The van der Waals surface area contributed by atoms with E-state index in [4.69, 9.17) is 9.47 Å². The number of aromatic nitrogens is 1. The van der Waals surface area contributed by atoms with Crippen molar-refractivity contribution < 1.29 is 9.47 Å². The van der Waals surface area contributed by atoms with Crippen LogP contribution in [-0.2, 0) is 4.74 Å². The summed E-state index contributed by atoms with van der Waals surface area (Å²) in [4.78, 5) is 6.61. The molecule has 0 radical (unpaired) electrons. The summed E-state index contributed by atoms with van der Waals surface area (Å²) in [5, 5.41) is 0. The highest BCUT2D eigenvalue weighted by molar-refractivity contribution is 5.41. The molecular formula is C11H16N2O2. The van der Waals surface area contributed by atoms with Gasteiger partial charge in [0.15, 0.2) is 0 Å². The van der Waals surface area contributed by atoms with Crippen LogP contribution in [0.2, 0.25) is 0 Å². The minimum atomic E-state index is 0.331. The van der Waals surface area contributed by atoms with Crippen LogP contribution in [0.15, 0.2) is 18.2 Å². The Labute approximate surface area is 89.8 Å². The Morgan fingerprint density at radius 3 is 2.93 bits per heavy atom. The Balaban J connectivity index is 2.09. The first kappa shape index (κ1) is 10.2. The van der Waals surface area contributed by atoms with Crippen LogP contribution in [0.1, 0.15) is 6.42 Å². The first-order valence-corrected chi connectivity index (χ1v) is 5.12. The van der Waals surface area contributed by atoms with E-state index in [2.05, 4.69) is 9.88 Å². The maximum absolute atomic E-state index is 5.32. The number of hydrogen-bond donors (Lipinski definition) is 0. The van der Waals surface area contributed by atoms with E-state index < -0.39 is 0 Å². The maximum Gasteiger partial charge on any atom is 0.214 e. The van der Waals surface area contributed by atoms with E-state index in [1.165, 1.54) is 0 Å². The van der Waals surface area contributed by atoms with E-state index in [-0.39, 0.29) is 0 Å². The quantitative estimate of drug-likeness (QED) is 0.750. The molecule has 0 aliphatic carbocycles. The molecule has 1 saturated heterocycles. The molecule has 2 rings (SSSR count). The Morgan fingerprint density at radius 2 is 2.27 bits per heavy atom. The number of pyridine rings is 1. The predicted octanol–water partition coefficient (Wildman–Crippen LogP) is 1.32. The molecular weight excluding hydrogens is 192 g/mol. The van der Waals surface area contributed by atoms with Gasteiger partial charge in [-0.15, -0.1) is 0 Å². The second kappa shape index (κ2) is 4.49. The third kappa shape index (κ3) is 2.21. The van der Waals surface area contributed by atoms with Gasteiger partial charge in [-0.3, -0.25) is 0 Å². The lowest BCUT2D eigenvalue weighted by Crippen LogP contribution is -2.23. The zero-order chi connectivity index (χ0) is 10.7. The molecule has 4 nitrogen and oxygen atoms in total. The Kier molecular flexibility index (Phi) is 3.06. The number of nitrogens with zero attached hydrogens (tertiary/aromatic N) is 2. The highest BCUT2D eigenvalue weighted by Gasteiger charge is 2.23. The average molecular weight is 208 g/mol. The molecule has 0 saturated carbocycles. The van der Waals surface area contributed by atoms with Crippen molar-refractivity contribution >= 4 is 5.82 Å². The molecule has 0 spiro atoms. The summed E-state index contributed by atoms with van der Waals surface area (Å²) < 4.78 is 10.4. The van der Waals surface area contributed by atoms with Crippen LogP contribution in [0.3, 0.4) is 0 Å². The largest absolute Gasteiger partial charge is 0.481 e. The van der Waals surface area contributed by atoms with Crippen LogP contribution in [0.5, 0.6) is 5.88 Å².